The third-order valence-electron chi connectivity index (χ3n) is 3.79. The molecule has 0 saturated carbocycles. The molecule has 0 saturated heterocycles. The first-order valence-corrected chi connectivity index (χ1v) is 8.04. The van der Waals surface area contributed by atoms with Crippen LogP contribution in [-0.4, -0.2) is 24.5 Å². The standard InChI is InChI=1S/C17H14Cl2N2O4/c1-17(15(22)20-12-8-10(24-2)4-5-11(12)19)16(23)21-13-7-9(18)3-6-14(13)25-17/h3-8H,1-2H3,(H,20,22)(H,21,23). The van der Waals surface area contributed by atoms with Crippen molar-refractivity contribution < 1.29 is 19.1 Å². The van der Waals surface area contributed by atoms with Gasteiger partial charge in [0.1, 0.15) is 11.5 Å². The molecule has 3 rings (SSSR count). The zero-order chi connectivity index (χ0) is 18.2. The molecule has 2 aromatic rings. The van der Waals surface area contributed by atoms with Crippen LogP contribution >= 0.6 is 23.2 Å². The summed E-state index contributed by atoms with van der Waals surface area (Å²) < 4.78 is 10.8. The molecule has 1 aliphatic heterocycles. The van der Waals surface area contributed by atoms with Crippen molar-refractivity contribution in [3.05, 3.63) is 46.4 Å². The SMILES string of the molecule is COc1ccc(Cl)c(NC(=O)C2(C)Oc3ccc(Cl)cc3NC2=O)c1. The number of hydrogen-bond donors (Lipinski definition) is 2. The van der Waals surface area contributed by atoms with E-state index in [1.54, 1.807) is 36.4 Å². The molecule has 0 spiro atoms. The molecule has 8 heteroatoms. The highest BCUT2D eigenvalue weighted by atomic mass is 35.5. The molecule has 2 amide bonds. The Hall–Kier alpha value is -2.44. The van der Waals surface area contributed by atoms with Gasteiger partial charge in [0.15, 0.2) is 0 Å². The minimum Gasteiger partial charge on any atom is -0.497 e. The van der Waals surface area contributed by atoms with E-state index in [-0.39, 0.29) is 0 Å². The fourth-order valence-electron chi connectivity index (χ4n) is 2.31. The molecule has 130 valence electrons. The number of hydrogen-bond acceptors (Lipinski definition) is 4. The van der Waals surface area contributed by atoms with Crippen molar-refractivity contribution in [3.63, 3.8) is 0 Å². The van der Waals surface area contributed by atoms with Crippen LogP contribution in [0.4, 0.5) is 11.4 Å². The molecule has 1 atom stereocenters. The van der Waals surface area contributed by atoms with Crippen molar-refractivity contribution in [1.29, 1.82) is 0 Å². The molecule has 2 aromatic carbocycles. The van der Waals surface area contributed by atoms with Crippen LogP contribution in [0.1, 0.15) is 6.92 Å². The van der Waals surface area contributed by atoms with Gasteiger partial charge in [-0.2, -0.15) is 0 Å². The predicted octanol–water partition coefficient (Wildman–Crippen LogP) is 3.73. The Balaban J connectivity index is 1.89. The lowest BCUT2D eigenvalue weighted by molar-refractivity contribution is -0.143. The first-order valence-electron chi connectivity index (χ1n) is 7.28. The molecule has 0 aliphatic carbocycles. The molecule has 2 N–H and O–H groups in total. The van der Waals surface area contributed by atoms with E-state index in [1.807, 2.05) is 0 Å². The maximum absolute atomic E-state index is 12.7. The van der Waals surface area contributed by atoms with E-state index < -0.39 is 17.4 Å². The Morgan fingerprint density at radius 1 is 1.24 bits per heavy atom. The summed E-state index contributed by atoms with van der Waals surface area (Å²) in [6, 6.07) is 9.53. The molecule has 1 aliphatic rings. The van der Waals surface area contributed by atoms with Gasteiger partial charge < -0.3 is 20.1 Å². The first-order chi connectivity index (χ1) is 11.8. The van der Waals surface area contributed by atoms with E-state index in [4.69, 9.17) is 32.7 Å². The van der Waals surface area contributed by atoms with Crippen LogP contribution in [0.3, 0.4) is 0 Å². The van der Waals surface area contributed by atoms with Gasteiger partial charge in [0.05, 0.1) is 23.5 Å². The number of ether oxygens (including phenoxy) is 2. The lowest BCUT2D eigenvalue weighted by atomic mass is 10.0. The first kappa shape index (κ1) is 17.4. The molecule has 1 unspecified atom stereocenters. The largest absolute Gasteiger partial charge is 0.497 e. The van der Waals surface area contributed by atoms with Crippen LogP contribution in [-0.2, 0) is 9.59 Å². The average molecular weight is 381 g/mol. The number of amides is 2. The Labute approximate surface area is 154 Å². The van der Waals surface area contributed by atoms with Crippen LogP contribution in [0.2, 0.25) is 10.0 Å². The fourth-order valence-corrected chi connectivity index (χ4v) is 2.65. The van der Waals surface area contributed by atoms with Crippen LogP contribution in [0.15, 0.2) is 36.4 Å². The number of nitrogens with one attached hydrogen (secondary N) is 2. The number of rotatable bonds is 3. The van der Waals surface area contributed by atoms with Gasteiger partial charge in [0.25, 0.3) is 17.4 Å². The smallest absolute Gasteiger partial charge is 0.278 e. The van der Waals surface area contributed by atoms with E-state index >= 15 is 0 Å². The summed E-state index contributed by atoms with van der Waals surface area (Å²) in [7, 11) is 1.50. The predicted molar refractivity (Wildman–Crippen MR) is 95.7 cm³/mol. The number of carbonyl (C=O) groups excluding carboxylic acids is 2. The van der Waals surface area contributed by atoms with Crippen LogP contribution in [0.5, 0.6) is 11.5 Å². The molecule has 25 heavy (non-hydrogen) atoms. The molecule has 1 heterocycles. The fraction of sp³-hybridized carbons (Fsp3) is 0.176. The quantitative estimate of drug-likeness (QED) is 0.795. The second kappa shape index (κ2) is 6.46. The van der Waals surface area contributed by atoms with Gasteiger partial charge >= 0.3 is 0 Å². The van der Waals surface area contributed by atoms with Crippen molar-refractivity contribution in [2.75, 3.05) is 17.7 Å². The van der Waals surface area contributed by atoms with Crippen LogP contribution in [0, 0.1) is 0 Å². The lowest BCUT2D eigenvalue weighted by Crippen LogP contribution is -2.56. The Morgan fingerprint density at radius 3 is 2.72 bits per heavy atom. The second-order valence-electron chi connectivity index (χ2n) is 5.53. The number of halogens is 2. The van der Waals surface area contributed by atoms with Crippen molar-refractivity contribution in [1.82, 2.24) is 0 Å². The Kier molecular flexibility index (Phi) is 4.49. The van der Waals surface area contributed by atoms with Crippen molar-refractivity contribution >= 4 is 46.4 Å². The highest BCUT2D eigenvalue weighted by molar-refractivity contribution is 6.34. The van der Waals surface area contributed by atoms with E-state index in [9.17, 15) is 9.59 Å². The number of methoxy groups -OCH3 is 1. The molecule has 0 fully saturated rings. The van der Waals surface area contributed by atoms with Gasteiger partial charge in [-0.15, -0.1) is 0 Å². The molecule has 6 nitrogen and oxygen atoms in total. The molecular weight excluding hydrogens is 367 g/mol. The zero-order valence-electron chi connectivity index (χ0n) is 13.4. The number of benzene rings is 2. The third-order valence-corrected chi connectivity index (χ3v) is 4.36. The van der Waals surface area contributed by atoms with Crippen molar-refractivity contribution in [2.45, 2.75) is 12.5 Å². The minimum absolute atomic E-state index is 0.307. The molecular formula is C17H14Cl2N2O4. The van der Waals surface area contributed by atoms with Gasteiger partial charge in [-0.05, 0) is 37.3 Å². The van der Waals surface area contributed by atoms with Gasteiger partial charge in [0.2, 0.25) is 0 Å². The van der Waals surface area contributed by atoms with Gasteiger partial charge in [-0.25, -0.2) is 0 Å². The number of fused-ring (bicyclic) bond motifs is 1. The van der Waals surface area contributed by atoms with E-state index in [0.29, 0.717) is 32.9 Å². The Morgan fingerprint density at radius 2 is 2.00 bits per heavy atom. The maximum atomic E-state index is 12.7. The lowest BCUT2D eigenvalue weighted by Gasteiger charge is -2.33. The van der Waals surface area contributed by atoms with E-state index in [1.165, 1.54) is 14.0 Å². The van der Waals surface area contributed by atoms with Gasteiger partial charge in [-0.1, -0.05) is 23.2 Å². The summed E-state index contributed by atoms with van der Waals surface area (Å²) in [4.78, 5) is 25.1. The van der Waals surface area contributed by atoms with E-state index in [2.05, 4.69) is 10.6 Å². The monoisotopic (exact) mass is 380 g/mol. The summed E-state index contributed by atoms with van der Waals surface area (Å²) in [5.41, 5.74) is -1.06. The summed E-state index contributed by atoms with van der Waals surface area (Å²) in [5, 5.41) is 5.98. The third kappa shape index (κ3) is 3.23. The second-order valence-corrected chi connectivity index (χ2v) is 6.37. The topological polar surface area (TPSA) is 76.7 Å². The Bertz CT molecular complexity index is 872. The normalized spacial score (nSPS) is 18.6. The van der Waals surface area contributed by atoms with Gasteiger partial charge in [0, 0.05) is 11.1 Å². The maximum Gasteiger partial charge on any atom is 0.278 e. The number of carbonyl (C=O) groups is 2. The summed E-state index contributed by atoms with van der Waals surface area (Å²) in [6.45, 7) is 1.38. The average Bonchev–Trinajstić information content (AvgIpc) is 2.58. The van der Waals surface area contributed by atoms with Gasteiger partial charge in [-0.3, -0.25) is 9.59 Å². The van der Waals surface area contributed by atoms with Crippen molar-refractivity contribution in [3.8, 4) is 11.5 Å². The van der Waals surface area contributed by atoms with Crippen LogP contribution in [0.25, 0.3) is 0 Å². The van der Waals surface area contributed by atoms with Crippen molar-refractivity contribution in [2.24, 2.45) is 0 Å². The van der Waals surface area contributed by atoms with E-state index in [0.717, 1.165) is 0 Å². The molecule has 0 aromatic heterocycles. The summed E-state index contributed by atoms with van der Waals surface area (Å²) in [5.74, 6) is -0.420. The highest BCUT2D eigenvalue weighted by Crippen LogP contribution is 2.36. The molecule has 0 bridgehead atoms. The summed E-state index contributed by atoms with van der Waals surface area (Å²) in [6.07, 6.45) is 0. The molecule has 0 radical (unpaired) electrons. The zero-order valence-corrected chi connectivity index (χ0v) is 14.9. The summed E-state index contributed by atoms with van der Waals surface area (Å²) >= 11 is 12.0. The number of anilines is 2. The highest BCUT2D eigenvalue weighted by Gasteiger charge is 2.47. The minimum atomic E-state index is -1.77. The van der Waals surface area contributed by atoms with Crippen LogP contribution < -0.4 is 20.1 Å².